The predicted molar refractivity (Wildman–Crippen MR) is 52.3 cm³/mol. The number of aromatic nitrogens is 2. The lowest BCUT2D eigenvalue weighted by molar-refractivity contribution is 0.577. The summed E-state index contributed by atoms with van der Waals surface area (Å²) in [7, 11) is 0. The van der Waals surface area contributed by atoms with Crippen molar-refractivity contribution in [2.75, 3.05) is 0 Å². The molecule has 6 heteroatoms. The summed E-state index contributed by atoms with van der Waals surface area (Å²) in [6.45, 7) is 0. The predicted octanol–water partition coefficient (Wildman–Crippen LogP) is 1.86. The van der Waals surface area contributed by atoms with E-state index in [-0.39, 0.29) is 0 Å². The van der Waals surface area contributed by atoms with Crippen LogP contribution in [0.2, 0.25) is 0 Å². The van der Waals surface area contributed by atoms with E-state index < -0.39 is 17.7 Å². The molecule has 0 saturated heterocycles. The van der Waals surface area contributed by atoms with Crippen LogP contribution in [0.15, 0.2) is 23.6 Å². The monoisotopic (exact) mass is 227 g/mol. The lowest BCUT2D eigenvalue weighted by Gasteiger charge is -2.08. The van der Waals surface area contributed by atoms with Crippen molar-refractivity contribution in [2.24, 2.45) is 5.73 Å². The van der Waals surface area contributed by atoms with E-state index in [1.54, 1.807) is 5.38 Å². The average Bonchev–Trinajstić information content (AvgIpc) is 2.67. The van der Waals surface area contributed by atoms with E-state index in [4.69, 9.17) is 5.73 Å². The van der Waals surface area contributed by atoms with Crippen molar-refractivity contribution in [1.82, 2.24) is 9.59 Å². The number of hydrogen-bond acceptors (Lipinski definition) is 4. The minimum atomic E-state index is -0.649. The largest absolute Gasteiger partial charge is 0.319 e. The lowest BCUT2D eigenvalue weighted by atomic mass is 10.1. The number of nitrogens with zero attached hydrogens (tertiary/aromatic N) is 2. The van der Waals surface area contributed by atoms with E-state index in [1.165, 1.54) is 12.1 Å². The van der Waals surface area contributed by atoms with Gasteiger partial charge in [0, 0.05) is 11.4 Å². The molecule has 2 rings (SSSR count). The fourth-order valence-electron chi connectivity index (χ4n) is 1.23. The highest BCUT2D eigenvalue weighted by atomic mass is 32.1. The number of benzene rings is 1. The summed E-state index contributed by atoms with van der Waals surface area (Å²) < 4.78 is 29.4. The second-order valence-corrected chi connectivity index (χ2v) is 3.62. The van der Waals surface area contributed by atoms with Crippen LogP contribution >= 0.6 is 11.5 Å². The number of nitrogens with two attached hydrogens (primary N) is 1. The highest BCUT2D eigenvalue weighted by Crippen LogP contribution is 2.20. The average molecular weight is 227 g/mol. The van der Waals surface area contributed by atoms with Gasteiger partial charge in [-0.15, -0.1) is 5.10 Å². The van der Waals surface area contributed by atoms with Crippen LogP contribution in [0.4, 0.5) is 8.78 Å². The van der Waals surface area contributed by atoms with Crippen LogP contribution < -0.4 is 5.73 Å². The van der Waals surface area contributed by atoms with Crippen molar-refractivity contribution < 1.29 is 8.78 Å². The maximum absolute atomic E-state index is 12.9. The first kappa shape index (κ1) is 10.1. The molecule has 0 radical (unpaired) electrons. The smallest absolute Gasteiger partial charge is 0.126 e. The van der Waals surface area contributed by atoms with Gasteiger partial charge in [0.2, 0.25) is 0 Å². The van der Waals surface area contributed by atoms with Gasteiger partial charge in [0.1, 0.15) is 11.6 Å². The van der Waals surface area contributed by atoms with E-state index >= 15 is 0 Å². The van der Waals surface area contributed by atoms with Gasteiger partial charge >= 0.3 is 0 Å². The molecule has 2 aromatic rings. The molecule has 0 bridgehead atoms. The van der Waals surface area contributed by atoms with Crippen molar-refractivity contribution >= 4 is 11.5 Å². The van der Waals surface area contributed by atoms with Crippen LogP contribution in [-0.2, 0) is 0 Å². The van der Waals surface area contributed by atoms with E-state index in [0.29, 0.717) is 11.3 Å². The molecule has 1 unspecified atom stereocenters. The van der Waals surface area contributed by atoms with Gasteiger partial charge in [0.05, 0.1) is 11.7 Å². The summed E-state index contributed by atoms with van der Waals surface area (Å²) in [5.74, 6) is -1.30. The zero-order valence-electron chi connectivity index (χ0n) is 7.52. The maximum Gasteiger partial charge on any atom is 0.126 e. The molecule has 0 spiro atoms. The van der Waals surface area contributed by atoms with Crippen molar-refractivity contribution in [1.29, 1.82) is 0 Å². The molecule has 1 heterocycles. The van der Waals surface area contributed by atoms with Crippen LogP contribution in [0.25, 0.3) is 0 Å². The van der Waals surface area contributed by atoms with Crippen LogP contribution in [-0.4, -0.2) is 9.59 Å². The Labute approximate surface area is 88.7 Å². The molecule has 3 nitrogen and oxygen atoms in total. The topological polar surface area (TPSA) is 51.8 Å². The van der Waals surface area contributed by atoms with Gasteiger partial charge in [-0.1, -0.05) is 4.49 Å². The Morgan fingerprint density at radius 2 is 1.87 bits per heavy atom. The number of rotatable bonds is 2. The van der Waals surface area contributed by atoms with Gasteiger partial charge in [-0.25, -0.2) is 8.78 Å². The van der Waals surface area contributed by atoms with E-state index in [1.807, 2.05) is 0 Å². The van der Waals surface area contributed by atoms with Crippen LogP contribution in [0.1, 0.15) is 17.3 Å². The normalized spacial score (nSPS) is 12.7. The molecule has 1 atom stereocenters. The van der Waals surface area contributed by atoms with E-state index in [0.717, 1.165) is 17.6 Å². The number of halogens is 2. The Kier molecular flexibility index (Phi) is 2.70. The second kappa shape index (κ2) is 4.00. The first-order valence-corrected chi connectivity index (χ1v) is 4.99. The third-order valence-corrected chi connectivity index (χ3v) is 2.46. The van der Waals surface area contributed by atoms with Gasteiger partial charge in [-0.05, 0) is 29.2 Å². The van der Waals surface area contributed by atoms with Crippen molar-refractivity contribution in [3.05, 3.63) is 46.5 Å². The van der Waals surface area contributed by atoms with Crippen LogP contribution in [0.5, 0.6) is 0 Å². The molecule has 0 saturated carbocycles. The molecule has 1 aromatic carbocycles. The first-order valence-electron chi connectivity index (χ1n) is 4.15. The molecule has 2 N–H and O–H groups in total. The molecule has 0 amide bonds. The maximum atomic E-state index is 12.9. The van der Waals surface area contributed by atoms with Gasteiger partial charge < -0.3 is 5.73 Å². The highest BCUT2D eigenvalue weighted by molar-refractivity contribution is 7.03. The first-order chi connectivity index (χ1) is 7.16. The molecule has 0 fully saturated rings. The molecular weight excluding hydrogens is 220 g/mol. The Balaban J connectivity index is 2.37. The standard InChI is InChI=1S/C9H7F2N3S/c10-6-1-5(2-7(11)3-6)9(12)8-4-15-14-13-8/h1-4,9H,12H2. The Hall–Kier alpha value is -1.40. The van der Waals surface area contributed by atoms with Crippen molar-refractivity contribution in [3.8, 4) is 0 Å². The molecule has 15 heavy (non-hydrogen) atoms. The second-order valence-electron chi connectivity index (χ2n) is 3.01. The Morgan fingerprint density at radius 1 is 1.20 bits per heavy atom. The molecule has 0 aliphatic rings. The van der Waals surface area contributed by atoms with Gasteiger partial charge in [-0.2, -0.15) is 0 Å². The van der Waals surface area contributed by atoms with Gasteiger partial charge in [0.25, 0.3) is 0 Å². The Bertz CT molecular complexity index is 438. The fraction of sp³-hybridized carbons (Fsp3) is 0.111. The Morgan fingerprint density at radius 3 is 2.40 bits per heavy atom. The summed E-state index contributed by atoms with van der Waals surface area (Å²) in [5.41, 5.74) is 6.62. The third kappa shape index (κ3) is 2.16. The summed E-state index contributed by atoms with van der Waals surface area (Å²) in [6.07, 6.45) is 0. The van der Waals surface area contributed by atoms with Crippen molar-refractivity contribution in [3.63, 3.8) is 0 Å². The summed E-state index contributed by atoms with van der Waals surface area (Å²) in [6, 6.07) is 2.53. The molecule has 1 aromatic heterocycles. The number of hydrogen-bond donors (Lipinski definition) is 1. The molecule has 0 aliphatic heterocycles. The molecule has 78 valence electrons. The van der Waals surface area contributed by atoms with E-state index in [2.05, 4.69) is 9.59 Å². The third-order valence-electron chi connectivity index (χ3n) is 1.94. The summed E-state index contributed by atoms with van der Waals surface area (Å²) in [5, 5.41) is 5.40. The fourth-order valence-corrected chi connectivity index (χ4v) is 1.72. The summed E-state index contributed by atoms with van der Waals surface area (Å²) in [4.78, 5) is 0. The zero-order chi connectivity index (χ0) is 10.8. The SMILES string of the molecule is NC(c1cc(F)cc(F)c1)c1csnn1. The molecule has 0 aliphatic carbocycles. The van der Waals surface area contributed by atoms with Gasteiger partial charge in [-0.3, -0.25) is 0 Å². The molecular formula is C9H7F2N3S. The summed E-state index contributed by atoms with van der Waals surface area (Å²) >= 11 is 1.14. The quantitative estimate of drug-likeness (QED) is 0.852. The lowest BCUT2D eigenvalue weighted by Crippen LogP contribution is -2.12. The minimum Gasteiger partial charge on any atom is -0.319 e. The van der Waals surface area contributed by atoms with Gasteiger partial charge in [0.15, 0.2) is 0 Å². The minimum absolute atomic E-state index is 0.347. The van der Waals surface area contributed by atoms with Crippen LogP contribution in [0, 0.1) is 11.6 Å². The van der Waals surface area contributed by atoms with Crippen molar-refractivity contribution in [2.45, 2.75) is 6.04 Å². The highest BCUT2D eigenvalue weighted by Gasteiger charge is 2.13. The van der Waals surface area contributed by atoms with E-state index in [9.17, 15) is 8.78 Å². The van der Waals surface area contributed by atoms with Crippen LogP contribution in [0.3, 0.4) is 0 Å². The zero-order valence-corrected chi connectivity index (χ0v) is 8.34.